The van der Waals surface area contributed by atoms with Gasteiger partial charge in [-0.15, -0.1) is 0 Å². The predicted octanol–water partition coefficient (Wildman–Crippen LogP) is 5.68. The number of benzene rings is 2. The highest BCUT2D eigenvalue weighted by Gasteiger charge is 2.34. The summed E-state index contributed by atoms with van der Waals surface area (Å²) in [6, 6.07) is 13.5. The third-order valence-electron chi connectivity index (χ3n) is 5.10. The summed E-state index contributed by atoms with van der Waals surface area (Å²) < 4.78 is 0. The molecule has 3 nitrogen and oxygen atoms in total. The Labute approximate surface area is 154 Å². The molecule has 1 atom stereocenters. The Morgan fingerprint density at radius 2 is 1.96 bits per heavy atom. The van der Waals surface area contributed by atoms with Gasteiger partial charge in [0.2, 0.25) is 0 Å². The maximum absolute atomic E-state index is 8.86. The van der Waals surface area contributed by atoms with E-state index in [1.165, 1.54) is 11.3 Å². The minimum atomic E-state index is 0.119. The number of hydrogen-bond donors (Lipinski definition) is 0. The highest BCUT2D eigenvalue weighted by molar-refractivity contribution is 6.33. The summed E-state index contributed by atoms with van der Waals surface area (Å²) in [5, 5.41) is 9.56. The lowest BCUT2D eigenvalue weighted by molar-refractivity contribution is 0.395. The Morgan fingerprint density at radius 3 is 2.60 bits per heavy atom. The topological polar surface area (TPSA) is 39.4 Å². The molecule has 0 aromatic heterocycles. The number of nitrogens with zero attached hydrogens (tertiary/aromatic N) is 3. The molecule has 25 heavy (non-hydrogen) atoms. The first-order valence-electron chi connectivity index (χ1n) is 8.43. The van der Waals surface area contributed by atoms with Crippen molar-refractivity contribution in [1.29, 1.82) is 5.26 Å². The second-order valence-corrected chi connectivity index (χ2v) is 7.73. The van der Waals surface area contributed by atoms with Crippen molar-refractivity contribution in [3.05, 3.63) is 58.1 Å². The zero-order valence-electron chi connectivity index (χ0n) is 15.0. The molecule has 2 aromatic carbocycles. The fraction of sp³-hybridized carbons (Fsp3) is 0.333. The smallest absolute Gasteiger partial charge is 0.0991 e. The van der Waals surface area contributed by atoms with E-state index in [1.807, 2.05) is 12.1 Å². The molecule has 0 saturated carbocycles. The average molecular weight is 352 g/mol. The lowest BCUT2D eigenvalue weighted by atomic mass is 9.80. The number of halogens is 1. The number of nitriles is 1. The normalized spacial score (nSPS) is 18.9. The second kappa shape index (κ2) is 6.54. The molecule has 0 radical (unpaired) electrons. The zero-order chi connectivity index (χ0) is 18.2. The molecule has 1 heterocycles. The van der Waals surface area contributed by atoms with E-state index in [0.29, 0.717) is 16.5 Å². The van der Waals surface area contributed by atoms with E-state index in [1.54, 1.807) is 18.3 Å². The fourth-order valence-corrected chi connectivity index (χ4v) is 3.68. The minimum Gasteiger partial charge on any atom is -0.369 e. The van der Waals surface area contributed by atoms with Gasteiger partial charge in [0.15, 0.2) is 0 Å². The van der Waals surface area contributed by atoms with Crippen molar-refractivity contribution in [3.63, 3.8) is 0 Å². The van der Waals surface area contributed by atoms with Crippen LogP contribution in [0.2, 0.25) is 5.02 Å². The Balaban J connectivity index is 1.95. The summed E-state index contributed by atoms with van der Waals surface area (Å²) in [4.78, 5) is 6.82. The third kappa shape index (κ3) is 3.41. The summed E-state index contributed by atoms with van der Waals surface area (Å²) in [5.74, 6) is 0.473. The molecule has 0 N–H and O–H groups in total. The van der Waals surface area contributed by atoms with E-state index in [9.17, 15) is 0 Å². The number of anilines is 1. The van der Waals surface area contributed by atoms with Crippen LogP contribution < -0.4 is 4.90 Å². The Kier molecular flexibility index (Phi) is 4.58. The van der Waals surface area contributed by atoms with Crippen molar-refractivity contribution < 1.29 is 0 Å². The maximum Gasteiger partial charge on any atom is 0.0991 e. The van der Waals surface area contributed by atoms with Gasteiger partial charge in [0.1, 0.15) is 0 Å². The van der Waals surface area contributed by atoms with Crippen LogP contribution in [-0.2, 0) is 0 Å². The molecule has 0 aliphatic carbocycles. The van der Waals surface area contributed by atoms with Crippen LogP contribution in [0.25, 0.3) is 0 Å². The van der Waals surface area contributed by atoms with Crippen LogP contribution >= 0.6 is 11.6 Å². The molecule has 0 saturated heterocycles. The van der Waals surface area contributed by atoms with Gasteiger partial charge in [-0.1, -0.05) is 18.5 Å². The van der Waals surface area contributed by atoms with Crippen LogP contribution in [0, 0.1) is 11.3 Å². The third-order valence-corrected chi connectivity index (χ3v) is 5.43. The highest BCUT2D eigenvalue weighted by atomic mass is 35.5. The van der Waals surface area contributed by atoms with Crippen molar-refractivity contribution in [3.8, 4) is 6.07 Å². The Hall–Kier alpha value is -2.31. The Morgan fingerprint density at radius 1 is 1.28 bits per heavy atom. The van der Waals surface area contributed by atoms with Crippen molar-refractivity contribution in [2.45, 2.75) is 38.6 Å². The van der Waals surface area contributed by atoms with E-state index in [2.05, 4.69) is 55.9 Å². The van der Waals surface area contributed by atoms with Crippen LogP contribution in [0.5, 0.6) is 0 Å². The summed E-state index contributed by atoms with van der Waals surface area (Å²) >= 11 is 6.52. The van der Waals surface area contributed by atoms with Crippen LogP contribution in [0.3, 0.4) is 0 Å². The highest BCUT2D eigenvalue weighted by Crippen LogP contribution is 2.44. The van der Waals surface area contributed by atoms with Crippen molar-refractivity contribution in [1.82, 2.24) is 0 Å². The van der Waals surface area contributed by atoms with E-state index >= 15 is 0 Å². The van der Waals surface area contributed by atoms with Crippen molar-refractivity contribution >= 4 is 29.2 Å². The number of fused-ring (bicyclic) bond motifs is 1. The van der Waals surface area contributed by atoms with E-state index in [4.69, 9.17) is 16.9 Å². The molecular formula is C21H22ClN3. The van der Waals surface area contributed by atoms with Crippen LogP contribution in [-0.4, -0.2) is 18.8 Å². The van der Waals surface area contributed by atoms with Gasteiger partial charge in [-0.05, 0) is 68.1 Å². The first-order valence-corrected chi connectivity index (χ1v) is 8.81. The second-order valence-electron chi connectivity index (χ2n) is 7.33. The van der Waals surface area contributed by atoms with Gasteiger partial charge < -0.3 is 4.90 Å². The summed E-state index contributed by atoms with van der Waals surface area (Å²) in [5.41, 5.74) is 4.99. The van der Waals surface area contributed by atoms with Crippen molar-refractivity contribution in [2.24, 2.45) is 4.99 Å². The predicted molar refractivity (Wildman–Crippen MR) is 105 cm³/mol. The first-order chi connectivity index (χ1) is 11.8. The largest absolute Gasteiger partial charge is 0.369 e. The van der Waals surface area contributed by atoms with Gasteiger partial charge in [0, 0.05) is 30.1 Å². The van der Waals surface area contributed by atoms with Crippen LogP contribution in [0.1, 0.15) is 49.8 Å². The average Bonchev–Trinajstić information content (AvgIpc) is 2.58. The van der Waals surface area contributed by atoms with Gasteiger partial charge in [0.25, 0.3) is 0 Å². The molecule has 1 unspecified atom stereocenters. The lowest BCUT2D eigenvalue weighted by Crippen LogP contribution is -2.45. The van der Waals surface area contributed by atoms with E-state index < -0.39 is 0 Å². The van der Waals surface area contributed by atoms with E-state index in [-0.39, 0.29) is 5.54 Å². The summed E-state index contributed by atoms with van der Waals surface area (Å²) in [7, 11) is 2.13. The molecule has 0 amide bonds. The van der Waals surface area contributed by atoms with Gasteiger partial charge >= 0.3 is 0 Å². The number of rotatable bonds is 2. The molecule has 3 rings (SSSR count). The van der Waals surface area contributed by atoms with Gasteiger partial charge in [-0.2, -0.15) is 5.26 Å². The van der Waals surface area contributed by atoms with Crippen LogP contribution in [0.15, 0.2) is 41.4 Å². The van der Waals surface area contributed by atoms with Gasteiger partial charge in [-0.25, -0.2) is 0 Å². The first kappa shape index (κ1) is 17.5. The summed E-state index contributed by atoms with van der Waals surface area (Å²) in [6.07, 6.45) is 2.90. The van der Waals surface area contributed by atoms with Crippen LogP contribution in [0.4, 0.5) is 11.4 Å². The molecule has 2 aromatic rings. The standard InChI is InChI=1S/C21H22ClN3/c1-14-11-21(2,3)25(4)20-10-19(22)16(9-18(14)20)13-24-17-7-5-15(12-23)6-8-17/h5-10,13-14H,11H2,1-4H3. The maximum atomic E-state index is 8.86. The minimum absolute atomic E-state index is 0.119. The molecule has 1 aliphatic rings. The monoisotopic (exact) mass is 351 g/mol. The molecule has 1 aliphatic heterocycles. The molecular weight excluding hydrogens is 330 g/mol. The Bertz CT molecular complexity index is 860. The molecule has 0 bridgehead atoms. The van der Waals surface area contributed by atoms with E-state index in [0.717, 1.165) is 17.7 Å². The molecule has 0 spiro atoms. The number of aliphatic imine (C=N–C) groups is 1. The summed E-state index contributed by atoms with van der Waals surface area (Å²) in [6.45, 7) is 6.80. The quantitative estimate of drug-likeness (QED) is 0.652. The fourth-order valence-electron chi connectivity index (χ4n) is 3.47. The molecule has 4 heteroatoms. The molecule has 0 fully saturated rings. The zero-order valence-corrected chi connectivity index (χ0v) is 15.8. The van der Waals surface area contributed by atoms with Crippen molar-refractivity contribution in [2.75, 3.05) is 11.9 Å². The van der Waals surface area contributed by atoms with Gasteiger partial charge in [-0.3, -0.25) is 4.99 Å². The van der Waals surface area contributed by atoms with Gasteiger partial charge in [0.05, 0.1) is 22.3 Å². The number of hydrogen-bond acceptors (Lipinski definition) is 3. The lowest BCUT2D eigenvalue weighted by Gasteiger charge is -2.45. The SMILES string of the molecule is CC1CC(C)(C)N(C)c2cc(Cl)c(C=Nc3ccc(C#N)cc3)cc21. The molecule has 128 valence electrons.